The van der Waals surface area contributed by atoms with Crippen LogP contribution in [-0.2, 0) is 26.5 Å². The molecule has 4 aromatic heterocycles. The number of hydrogen-bond donors (Lipinski definition) is 0. The summed E-state index contributed by atoms with van der Waals surface area (Å²) in [5.74, 6) is 0. The van der Waals surface area contributed by atoms with Gasteiger partial charge < -0.3 is 19.3 Å². The zero-order valence-electron chi connectivity index (χ0n) is 27.5. The molecule has 0 unspecified atom stereocenters. The van der Waals surface area contributed by atoms with E-state index in [1.165, 1.54) is 0 Å². The summed E-state index contributed by atoms with van der Waals surface area (Å²) in [6, 6.07) is 52.8. The number of rotatable bonds is 8. The molecule has 244 valence electrons. The zero-order valence-corrected chi connectivity index (χ0v) is 29.8. The third-order valence-electron chi connectivity index (χ3n) is 8.70. The van der Waals surface area contributed by atoms with E-state index in [1.54, 1.807) is 9.36 Å². The SMILES string of the molecule is CC(C)(c1cccc(-c2[c-]n(-c3ccccc3)nc2-c2ccccc2)n1)c1cccc(-c2[c-]n(-c3ccccc3)nc2-c2ccccc2)n1.[Pt+2]. The van der Waals surface area contributed by atoms with E-state index >= 15 is 0 Å². The number of benzene rings is 4. The van der Waals surface area contributed by atoms with E-state index in [1.807, 2.05) is 109 Å². The Morgan fingerprint density at radius 1 is 0.440 bits per heavy atom. The number of pyridine rings is 2. The third-order valence-corrected chi connectivity index (χ3v) is 8.70. The Hall–Kier alpha value is -5.71. The Balaban J connectivity index is 0.00000392. The van der Waals surface area contributed by atoms with Crippen LogP contribution in [0.25, 0.3) is 56.4 Å². The first kappa shape index (κ1) is 32.8. The molecule has 0 aliphatic carbocycles. The van der Waals surface area contributed by atoms with E-state index < -0.39 is 5.41 Å². The molecule has 6 nitrogen and oxygen atoms in total. The molecule has 8 aromatic rings. The van der Waals surface area contributed by atoms with Gasteiger partial charge in [0.1, 0.15) is 0 Å². The number of hydrogen-bond acceptors (Lipinski definition) is 4. The van der Waals surface area contributed by atoms with Crippen LogP contribution in [0.1, 0.15) is 25.2 Å². The van der Waals surface area contributed by atoms with Gasteiger partial charge in [0.05, 0.1) is 0 Å². The molecule has 7 heteroatoms. The Bertz CT molecular complexity index is 2180. The summed E-state index contributed by atoms with van der Waals surface area (Å²) >= 11 is 0. The van der Waals surface area contributed by atoms with Gasteiger partial charge in [-0.1, -0.05) is 157 Å². The van der Waals surface area contributed by atoms with E-state index in [-0.39, 0.29) is 21.1 Å². The van der Waals surface area contributed by atoms with Gasteiger partial charge in [0, 0.05) is 28.2 Å². The van der Waals surface area contributed by atoms with Crippen molar-refractivity contribution in [3.05, 3.63) is 182 Å². The van der Waals surface area contributed by atoms with Crippen molar-refractivity contribution in [1.82, 2.24) is 29.5 Å². The second-order valence-electron chi connectivity index (χ2n) is 12.3. The Morgan fingerprint density at radius 2 is 0.800 bits per heavy atom. The molecule has 0 saturated heterocycles. The number of para-hydroxylation sites is 2. The van der Waals surface area contributed by atoms with Crippen molar-refractivity contribution in [3.8, 4) is 56.4 Å². The summed E-state index contributed by atoms with van der Waals surface area (Å²) in [6.45, 7) is 4.32. The van der Waals surface area contributed by atoms with E-state index in [0.29, 0.717) is 0 Å². The number of aromatic nitrogens is 6. The van der Waals surface area contributed by atoms with Crippen LogP contribution in [0, 0.1) is 12.4 Å². The Morgan fingerprint density at radius 3 is 1.18 bits per heavy atom. The van der Waals surface area contributed by atoms with Gasteiger partial charge in [0.2, 0.25) is 0 Å². The topological polar surface area (TPSA) is 61.4 Å². The van der Waals surface area contributed by atoms with E-state index in [9.17, 15) is 0 Å². The van der Waals surface area contributed by atoms with Crippen LogP contribution in [0.15, 0.2) is 158 Å². The summed E-state index contributed by atoms with van der Waals surface area (Å²) in [5.41, 5.74) is 10.1. The molecule has 0 amide bonds. The zero-order chi connectivity index (χ0) is 33.2. The Labute approximate surface area is 306 Å². The quantitative estimate of drug-likeness (QED) is 0.143. The van der Waals surface area contributed by atoms with Gasteiger partial charge >= 0.3 is 21.1 Å². The standard InChI is InChI=1S/C43H32N6.Pt/c1-43(2,39-27-15-25-37(44-39)35-29-48(33-21-11-5-12-22-33)46-41(35)31-17-7-3-8-18-31)40-28-16-26-38(45-40)36-30-49(34-23-13-6-14-24-34)47-42(36)32-19-9-4-10-20-32;/h3-28H,1-2H3;/q-2;+2. The van der Waals surface area contributed by atoms with Crippen molar-refractivity contribution in [1.29, 1.82) is 0 Å². The molecule has 0 aliphatic heterocycles. The summed E-state index contributed by atoms with van der Waals surface area (Å²) in [4.78, 5) is 10.5. The van der Waals surface area contributed by atoms with Crippen LogP contribution in [0.5, 0.6) is 0 Å². The average molecular weight is 828 g/mol. The van der Waals surface area contributed by atoms with Gasteiger partial charge in [-0.25, -0.2) is 10.2 Å². The normalized spacial score (nSPS) is 11.2. The van der Waals surface area contributed by atoms with Crippen LogP contribution in [0.2, 0.25) is 0 Å². The predicted octanol–water partition coefficient (Wildman–Crippen LogP) is 9.44. The van der Waals surface area contributed by atoms with Crippen molar-refractivity contribution in [2.45, 2.75) is 19.3 Å². The van der Waals surface area contributed by atoms with Crippen molar-refractivity contribution in [3.63, 3.8) is 0 Å². The minimum atomic E-state index is -0.531. The smallest absolute Gasteiger partial charge is 0.328 e. The molecule has 4 heterocycles. The maximum Gasteiger partial charge on any atom is 2.00 e. The van der Waals surface area contributed by atoms with Crippen LogP contribution in [0.3, 0.4) is 0 Å². The molecule has 8 rings (SSSR count). The molecule has 0 bridgehead atoms. The molecular formula is C43H32N6Pt. The molecule has 4 aromatic carbocycles. The van der Waals surface area contributed by atoms with Crippen LogP contribution < -0.4 is 0 Å². The Kier molecular flexibility index (Phi) is 9.21. The fourth-order valence-electron chi connectivity index (χ4n) is 5.98. The van der Waals surface area contributed by atoms with Crippen molar-refractivity contribution in [2.24, 2.45) is 0 Å². The number of nitrogens with zero attached hydrogens (tertiary/aromatic N) is 6. The largest absolute Gasteiger partial charge is 2.00 e. The summed E-state index contributed by atoms with van der Waals surface area (Å²) < 4.78 is 3.61. The van der Waals surface area contributed by atoms with E-state index in [0.717, 1.165) is 67.8 Å². The maximum absolute atomic E-state index is 5.25. The first-order valence-electron chi connectivity index (χ1n) is 16.3. The molecule has 0 saturated carbocycles. The molecule has 0 spiro atoms. The summed E-state index contributed by atoms with van der Waals surface area (Å²) in [7, 11) is 0. The minimum absolute atomic E-state index is 0. The minimum Gasteiger partial charge on any atom is -0.328 e. The second kappa shape index (κ2) is 14.0. The maximum atomic E-state index is 5.25. The van der Waals surface area contributed by atoms with Gasteiger partial charge in [-0.15, -0.1) is 0 Å². The molecule has 0 atom stereocenters. The fraction of sp³-hybridized carbons (Fsp3) is 0.0698. The average Bonchev–Trinajstić information content (AvgIpc) is 3.83. The van der Waals surface area contributed by atoms with Gasteiger partial charge in [-0.3, -0.25) is 0 Å². The van der Waals surface area contributed by atoms with Crippen LogP contribution in [0.4, 0.5) is 0 Å². The monoisotopic (exact) mass is 827 g/mol. The van der Waals surface area contributed by atoms with Gasteiger partial charge in [0.15, 0.2) is 0 Å². The van der Waals surface area contributed by atoms with Crippen molar-refractivity contribution in [2.75, 3.05) is 0 Å². The van der Waals surface area contributed by atoms with Gasteiger partial charge in [-0.05, 0) is 72.3 Å². The van der Waals surface area contributed by atoms with Crippen LogP contribution in [-0.4, -0.2) is 29.5 Å². The second-order valence-corrected chi connectivity index (χ2v) is 12.3. The summed E-state index contributed by atoms with van der Waals surface area (Å²) in [6.07, 6.45) is 7.03. The van der Waals surface area contributed by atoms with Crippen molar-refractivity contribution < 1.29 is 21.1 Å². The first-order chi connectivity index (χ1) is 24.0. The van der Waals surface area contributed by atoms with E-state index in [2.05, 4.69) is 74.8 Å². The predicted molar refractivity (Wildman–Crippen MR) is 194 cm³/mol. The van der Waals surface area contributed by atoms with Crippen molar-refractivity contribution >= 4 is 0 Å². The molecule has 0 fully saturated rings. The first-order valence-corrected chi connectivity index (χ1v) is 16.3. The fourth-order valence-corrected chi connectivity index (χ4v) is 5.98. The molecule has 0 radical (unpaired) electrons. The summed E-state index contributed by atoms with van der Waals surface area (Å²) in [5, 5.41) is 9.95. The third kappa shape index (κ3) is 6.38. The van der Waals surface area contributed by atoms with Crippen LogP contribution >= 0.6 is 0 Å². The van der Waals surface area contributed by atoms with Gasteiger partial charge in [0.25, 0.3) is 0 Å². The molecule has 0 aliphatic rings. The molecule has 0 N–H and O–H groups in total. The molecular weight excluding hydrogens is 796 g/mol. The van der Waals surface area contributed by atoms with E-state index in [4.69, 9.17) is 20.2 Å². The molecule has 50 heavy (non-hydrogen) atoms. The van der Waals surface area contributed by atoms with Gasteiger partial charge in [-0.2, -0.15) is 0 Å².